The average molecular weight is 543 g/mol. The summed E-state index contributed by atoms with van der Waals surface area (Å²) in [6.07, 6.45) is 10.5. The van der Waals surface area contributed by atoms with E-state index < -0.39 is 10.0 Å². The molecule has 0 unspecified atom stereocenters. The van der Waals surface area contributed by atoms with Crippen LogP contribution in [-0.2, 0) is 16.6 Å². The Morgan fingerprint density at radius 1 is 1.08 bits per heavy atom. The Morgan fingerprint density at radius 2 is 1.79 bits per heavy atom. The molecule has 1 aliphatic rings. The van der Waals surface area contributed by atoms with Crippen LogP contribution >= 0.6 is 0 Å². The Bertz CT molecular complexity index is 1840. The van der Waals surface area contributed by atoms with Crippen LogP contribution in [0.1, 0.15) is 17.7 Å². The number of aliphatic hydroxyl groups excluding tert-OH is 1. The lowest BCUT2D eigenvalue weighted by molar-refractivity contribution is 0.253. The largest absolute Gasteiger partial charge is 0.392 e. The molecule has 0 fully saturated rings. The van der Waals surface area contributed by atoms with Gasteiger partial charge in [-0.25, -0.2) is 23.2 Å². The number of carbonyl (C=O) groups excluding carboxylic acids is 1. The summed E-state index contributed by atoms with van der Waals surface area (Å²) in [7, 11) is -3.24. The van der Waals surface area contributed by atoms with Gasteiger partial charge in [0, 0.05) is 54.5 Å². The molecule has 1 amide bonds. The number of aliphatic hydroxyl groups is 1. The molecule has 0 atom stereocenters. The molecule has 4 aromatic heterocycles. The first-order valence-electron chi connectivity index (χ1n) is 12.4. The molecule has 39 heavy (non-hydrogen) atoms. The third kappa shape index (κ3) is 4.71. The first kappa shape index (κ1) is 25.0. The van der Waals surface area contributed by atoms with Crippen molar-refractivity contribution in [3.05, 3.63) is 84.6 Å². The van der Waals surface area contributed by atoms with Gasteiger partial charge in [0.15, 0.2) is 0 Å². The summed E-state index contributed by atoms with van der Waals surface area (Å²) >= 11 is 0. The average Bonchev–Trinajstić information content (AvgIpc) is 3.57. The van der Waals surface area contributed by atoms with Crippen LogP contribution < -0.4 is 5.32 Å². The normalized spacial score (nSPS) is 14.6. The number of hydrogen-bond acceptors (Lipinski definition) is 6. The molecular formula is C28H26N6O4S. The topological polar surface area (TPSA) is 133 Å². The van der Waals surface area contributed by atoms with Crippen molar-refractivity contribution >= 4 is 49.3 Å². The number of carbonyl (C=O) groups is 1. The van der Waals surface area contributed by atoms with Gasteiger partial charge in [0.1, 0.15) is 11.5 Å². The Hall–Kier alpha value is -4.32. The molecule has 1 aliphatic heterocycles. The molecule has 6 rings (SSSR count). The quantitative estimate of drug-likeness (QED) is 0.305. The fraction of sp³-hybridized carbons (Fsp3) is 0.179. The molecule has 0 aliphatic carbocycles. The number of aromatic nitrogens is 4. The van der Waals surface area contributed by atoms with E-state index in [4.69, 9.17) is 0 Å². The van der Waals surface area contributed by atoms with Crippen LogP contribution in [-0.4, -0.2) is 62.7 Å². The molecule has 11 heteroatoms. The number of nitrogens with one attached hydrogen (secondary N) is 2. The number of rotatable bonds is 5. The molecule has 0 spiro atoms. The Morgan fingerprint density at radius 3 is 2.46 bits per heavy atom. The highest BCUT2D eigenvalue weighted by Crippen LogP contribution is 2.35. The Labute approximate surface area is 224 Å². The monoisotopic (exact) mass is 542 g/mol. The van der Waals surface area contributed by atoms with E-state index in [1.807, 2.05) is 42.5 Å². The van der Waals surface area contributed by atoms with E-state index in [-0.39, 0.29) is 18.5 Å². The van der Waals surface area contributed by atoms with Gasteiger partial charge in [-0.3, -0.25) is 9.88 Å². The van der Waals surface area contributed by atoms with E-state index in [1.54, 1.807) is 30.9 Å². The fourth-order valence-electron chi connectivity index (χ4n) is 5.01. The predicted molar refractivity (Wildman–Crippen MR) is 151 cm³/mol. The van der Waals surface area contributed by atoms with Gasteiger partial charge in [0.05, 0.1) is 12.9 Å². The molecular weight excluding hydrogens is 516 g/mol. The van der Waals surface area contributed by atoms with E-state index in [0.29, 0.717) is 30.7 Å². The minimum Gasteiger partial charge on any atom is -0.392 e. The highest BCUT2D eigenvalue weighted by molar-refractivity contribution is 7.88. The summed E-state index contributed by atoms with van der Waals surface area (Å²) in [4.78, 5) is 25.2. The molecule has 0 saturated carbocycles. The molecule has 0 radical (unpaired) electrons. The number of nitrogens with zero attached hydrogens (tertiary/aromatic N) is 4. The number of H-pyrrole nitrogens is 1. The summed E-state index contributed by atoms with van der Waals surface area (Å²) in [6.45, 7) is 0.405. The number of sulfonamides is 1. The van der Waals surface area contributed by atoms with Crippen molar-refractivity contribution in [1.82, 2.24) is 23.8 Å². The zero-order valence-corrected chi connectivity index (χ0v) is 21.9. The van der Waals surface area contributed by atoms with Crippen LogP contribution in [0.3, 0.4) is 0 Å². The first-order valence-corrected chi connectivity index (χ1v) is 14.3. The molecule has 10 nitrogen and oxygen atoms in total. The van der Waals surface area contributed by atoms with Gasteiger partial charge < -0.3 is 10.1 Å². The van der Waals surface area contributed by atoms with Crippen molar-refractivity contribution in [2.75, 3.05) is 24.7 Å². The van der Waals surface area contributed by atoms with Crippen molar-refractivity contribution in [3.63, 3.8) is 0 Å². The molecule has 0 saturated heterocycles. The number of benzene rings is 1. The maximum Gasteiger partial charge on any atom is 0.331 e. The number of amides is 1. The number of anilines is 1. The standard InChI is InChI=1S/C28H26N6O4S/c1-39(37,38)34-12-8-18(9-13-34)25-14-23-21(6-10-29-26(23)31-25)22-7-11-30-27(24(22)17-35)32-28(36)33-15-19-4-2-3-5-20(19)16-33/h2-8,10-11,14-16,35H,9,12-13,17H2,1H3,(H,29,31)(H,30,32,36). The van der Waals surface area contributed by atoms with Crippen molar-refractivity contribution in [3.8, 4) is 11.1 Å². The molecule has 0 bridgehead atoms. The highest BCUT2D eigenvalue weighted by Gasteiger charge is 2.22. The van der Waals surface area contributed by atoms with E-state index in [2.05, 4.69) is 20.3 Å². The van der Waals surface area contributed by atoms with E-state index >= 15 is 0 Å². The van der Waals surface area contributed by atoms with E-state index in [9.17, 15) is 18.3 Å². The number of pyridine rings is 2. The van der Waals surface area contributed by atoms with Gasteiger partial charge in [0.25, 0.3) is 0 Å². The third-order valence-corrected chi connectivity index (χ3v) is 8.30. The zero-order valence-electron chi connectivity index (χ0n) is 21.1. The van der Waals surface area contributed by atoms with Gasteiger partial charge in [0.2, 0.25) is 10.0 Å². The molecule has 3 N–H and O–H groups in total. The van der Waals surface area contributed by atoms with Crippen LogP contribution in [0.15, 0.2) is 73.3 Å². The summed E-state index contributed by atoms with van der Waals surface area (Å²) in [5.74, 6) is 0.273. The number of fused-ring (bicyclic) bond motifs is 2. The van der Waals surface area contributed by atoms with E-state index in [0.717, 1.165) is 38.6 Å². The summed E-state index contributed by atoms with van der Waals surface area (Å²) in [5.41, 5.74) is 4.58. The second-order valence-corrected chi connectivity index (χ2v) is 11.5. The van der Waals surface area contributed by atoms with Gasteiger partial charge in [-0.1, -0.05) is 30.3 Å². The lowest BCUT2D eigenvalue weighted by atomic mass is 9.99. The predicted octanol–water partition coefficient (Wildman–Crippen LogP) is 4.20. The van der Waals surface area contributed by atoms with Gasteiger partial charge >= 0.3 is 6.03 Å². The van der Waals surface area contributed by atoms with Gasteiger partial charge in [-0.05, 0) is 52.1 Å². The maximum atomic E-state index is 13.0. The van der Waals surface area contributed by atoms with Crippen LogP contribution in [0.2, 0.25) is 0 Å². The fourth-order valence-corrected chi connectivity index (χ4v) is 5.78. The zero-order chi connectivity index (χ0) is 27.1. The van der Waals surface area contributed by atoms with Crippen LogP contribution in [0, 0.1) is 0 Å². The van der Waals surface area contributed by atoms with Crippen LogP contribution in [0.25, 0.3) is 38.5 Å². The van der Waals surface area contributed by atoms with Crippen LogP contribution in [0.5, 0.6) is 0 Å². The van der Waals surface area contributed by atoms with Crippen molar-refractivity contribution in [2.45, 2.75) is 13.0 Å². The maximum absolute atomic E-state index is 13.0. The van der Waals surface area contributed by atoms with Crippen molar-refractivity contribution < 1.29 is 18.3 Å². The third-order valence-electron chi connectivity index (χ3n) is 7.03. The van der Waals surface area contributed by atoms with Crippen LogP contribution in [0.4, 0.5) is 10.6 Å². The molecule has 1 aromatic carbocycles. The van der Waals surface area contributed by atoms with Crippen molar-refractivity contribution in [2.24, 2.45) is 0 Å². The summed E-state index contributed by atoms with van der Waals surface area (Å²) in [6, 6.07) is 13.0. The lowest BCUT2D eigenvalue weighted by Gasteiger charge is -2.23. The SMILES string of the molecule is CS(=O)(=O)N1CC=C(c2cc3c(-c4ccnc(NC(=O)n5cc6ccccc6c5)c4CO)ccnc3[nH]2)CC1. The molecule has 198 valence electrons. The minimum atomic E-state index is -3.24. The first-order chi connectivity index (χ1) is 18.8. The van der Waals surface area contributed by atoms with Gasteiger partial charge in [-0.15, -0.1) is 0 Å². The lowest BCUT2D eigenvalue weighted by Crippen LogP contribution is -2.33. The van der Waals surface area contributed by atoms with Crippen molar-refractivity contribution in [1.29, 1.82) is 0 Å². The van der Waals surface area contributed by atoms with E-state index in [1.165, 1.54) is 15.1 Å². The smallest absolute Gasteiger partial charge is 0.331 e. The second kappa shape index (κ2) is 9.77. The molecule has 5 heterocycles. The highest BCUT2D eigenvalue weighted by atomic mass is 32.2. The number of hydrogen-bond donors (Lipinski definition) is 3. The Balaban J connectivity index is 1.34. The summed E-state index contributed by atoms with van der Waals surface area (Å²) < 4.78 is 26.7. The number of aromatic amines is 1. The molecule has 5 aromatic rings. The van der Waals surface area contributed by atoms with Gasteiger partial charge in [-0.2, -0.15) is 4.31 Å². The summed E-state index contributed by atoms with van der Waals surface area (Å²) in [5, 5.41) is 15.9. The minimum absolute atomic E-state index is 0.273. The Kier molecular flexibility index (Phi) is 6.26. The second-order valence-electron chi connectivity index (χ2n) is 9.47.